The minimum absolute atomic E-state index is 0.581. The molecule has 0 saturated heterocycles. The molecule has 17 heavy (non-hydrogen) atoms. The van der Waals surface area contributed by atoms with Gasteiger partial charge in [0.15, 0.2) is 0 Å². The van der Waals surface area contributed by atoms with Crippen molar-refractivity contribution in [2.45, 2.75) is 59.5 Å². The number of hydrogen-bond acceptors (Lipinski definition) is 3. The molecule has 1 heterocycles. The molecule has 0 radical (unpaired) electrons. The predicted molar refractivity (Wildman–Crippen MR) is 70.9 cm³/mol. The van der Waals surface area contributed by atoms with Gasteiger partial charge >= 0.3 is 0 Å². The van der Waals surface area contributed by atoms with Crippen molar-refractivity contribution in [3.63, 3.8) is 0 Å². The zero-order valence-corrected chi connectivity index (χ0v) is 11.6. The van der Waals surface area contributed by atoms with Crippen molar-refractivity contribution in [3.8, 4) is 0 Å². The molecule has 0 fully saturated rings. The van der Waals surface area contributed by atoms with Crippen LogP contribution in [0.15, 0.2) is 6.33 Å². The van der Waals surface area contributed by atoms with E-state index in [0.717, 1.165) is 25.3 Å². The summed E-state index contributed by atoms with van der Waals surface area (Å²) in [5, 5.41) is 7.83. The highest BCUT2D eigenvalue weighted by molar-refractivity contribution is 4.89. The lowest BCUT2D eigenvalue weighted by Gasteiger charge is -2.23. The Bertz CT molecular complexity index is 308. The van der Waals surface area contributed by atoms with Gasteiger partial charge in [0.1, 0.15) is 12.2 Å². The maximum absolute atomic E-state index is 4.35. The molecule has 4 nitrogen and oxygen atoms in total. The summed E-state index contributed by atoms with van der Waals surface area (Å²) in [5.74, 6) is 1.71. The van der Waals surface area contributed by atoms with Crippen LogP contribution in [0.1, 0.15) is 46.4 Å². The van der Waals surface area contributed by atoms with E-state index in [1.54, 1.807) is 6.33 Å². The maximum atomic E-state index is 4.35. The third-order valence-electron chi connectivity index (χ3n) is 3.28. The molecule has 0 aromatic carbocycles. The molecule has 0 saturated carbocycles. The van der Waals surface area contributed by atoms with Gasteiger partial charge in [-0.2, -0.15) is 5.10 Å². The number of aromatic nitrogens is 3. The van der Waals surface area contributed by atoms with Crippen LogP contribution in [0, 0.1) is 5.92 Å². The van der Waals surface area contributed by atoms with Crippen LogP contribution in [0.25, 0.3) is 0 Å². The summed E-state index contributed by atoms with van der Waals surface area (Å²) < 4.78 is 1.99. The van der Waals surface area contributed by atoms with Crippen LogP contribution in [0.3, 0.4) is 0 Å². The normalized spacial score (nSPS) is 14.8. The largest absolute Gasteiger partial charge is 0.314 e. The van der Waals surface area contributed by atoms with Crippen LogP contribution in [-0.4, -0.2) is 27.4 Å². The summed E-state index contributed by atoms with van der Waals surface area (Å²) in [5.41, 5.74) is 0. The Kier molecular flexibility index (Phi) is 6.19. The molecular weight excluding hydrogens is 212 g/mol. The van der Waals surface area contributed by atoms with Crippen LogP contribution in [0.5, 0.6) is 0 Å². The lowest BCUT2D eigenvalue weighted by Crippen LogP contribution is -2.36. The molecular formula is C13H26N4. The van der Waals surface area contributed by atoms with E-state index in [-0.39, 0.29) is 0 Å². The van der Waals surface area contributed by atoms with E-state index in [4.69, 9.17) is 0 Å². The Morgan fingerprint density at radius 1 is 1.35 bits per heavy atom. The molecule has 2 unspecified atom stereocenters. The Morgan fingerprint density at radius 3 is 2.71 bits per heavy atom. The van der Waals surface area contributed by atoms with Crippen molar-refractivity contribution in [1.29, 1.82) is 0 Å². The van der Waals surface area contributed by atoms with Gasteiger partial charge in [-0.3, -0.25) is 4.68 Å². The molecule has 98 valence electrons. The van der Waals surface area contributed by atoms with E-state index in [1.165, 1.54) is 12.8 Å². The van der Waals surface area contributed by atoms with Crippen LogP contribution >= 0.6 is 0 Å². The van der Waals surface area contributed by atoms with Gasteiger partial charge in [-0.1, -0.05) is 20.8 Å². The average molecular weight is 238 g/mol. The summed E-state index contributed by atoms with van der Waals surface area (Å²) in [4.78, 5) is 4.35. The standard InChI is InChI=1S/C13H26N4/c1-5-8-14-12(6-2)11(4)9-13-15-10-16-17(13)7-3/h10-12,14H,5-9H2,1-4H3. The predicted octanol–water partition coefficient (Wildman–Crippen LogP) is 2.25. The van der Waals surface area contributed by atoms with E-state index in [2.05, 4.69) is 43.1 Å². The van der Waals surface area contributed by atoms with Crippen molar-refractivity contribution in [3.05, 3.63) is 12.2 Å². The lowest BCUT2D eigenvalue weighted by molar-refractivity contribution is 0.355. The molecule has 2 atom stereocenters. The molecule has 1 rings (SSSR count). The zero-order chi connectivity index (χ0) is 12.7. The number of hydrogen-bond donors (Lipinski definition) is 1. The van der Waals surface area contributed by atoms with Crippen molar-refractivity contribution in [2.24, 2.45) is 5.92 Å². The van der Waals surface area contributed by atoms with Gasteiger partial charge < -0.3 is 5.32 Å². The van der Waals surface area contributed by atoms with E-state index in [1.807, 2.05) is 4.68 Å². The topological polar surface area (TPSA) is 42.7 Å². The second-order valence-corrected chi connectivity index (χ2v) is 4.64. The molecule has 4 heteroatoms. The number of nitrogens with one attached hydrogen (secondary N) is 1. The highest BCUT2D eigenvalue weighted by atomic mass is 15.3. The first-order valence-corrected chi connectivity index (χ1v) is 6.82. The van der Waals surface area contributed by atoms with Crippen molar-refractivity contribution < 1.29 is 0 Å². The van der Waals surface area contributed by atoms with E-state index in [0.29, 0.717) is 12.0 Å². The summed E-state index contributed by atoms with van der Waals surface area (Å²) in [7, 11) is 0. The van der Waals surface area contributed by atoms with Crippen LogP contribution < -0.4 is 5.32 Å². The third kappa shape index (κ3) is 4.11. The SMILES string of the molecule is CCCNC(CC)C(C)Cc1ncnn1CC. The maximum Gasteiger partial charge on any atom is 0.138 e. The monoisotopic (exact) mass is 238 g/mol. The highest BCUT2D eigenvalue weighted by Crippen LogP contribution is 2.13. The molecule has 1 N–H and O–H groups in total. The van der Waals surface area contributed by atoms with Gasteiger partial charge in [0.05, 0.1) is 0 Å². The second kappa shape index (κ2) is 7.43. The molecule has 0 aliphatic carbocycles. The van der Waals surface area contributed by atoms with Gasteiger partial charge in [0.2, 0.25) is 0 Å². The molecule has 0 spiro atoms. The van der Waals surface area contributed by atoms with Gasteiger partial charge in [-0.25, -0.2) is 4.98 Å². The number of nitrogens with zero attached hydrogens (tertiary/aromatic N) is 3. The summed E-state index contributed by atoms with van der Waals surface area (Å²) in [6, 6.07) is 0.581. The van der Waals surface area contributed by atoms with Gasteiger partial charge in [0, 0.05) is 19.0 Å². The van der Waals surface area contributed by atoms with E-state index in [9.17, 15) is 0 Å². The average Bonchev–Trinajstić information content (AvgIpc) is 2.77. The Morgan fingerprint density at radius 2 is 2.12 bits per heavy atom. The fourth-order valence-corrected chi connectivity index (χ4v) is 2.22. The second-order valence-electron chi connectivity index (χ2n) is 4.64. The summed E-state index contributed by atoms with van der Waals surface area (Å²) in [6.45, 7) is 10.9. The Labute approximate surface area is 105 Å². The zero-order valence-electron chi connectivity index (χ0n) is 11.6. The van der Waals surface area contributed by atoms with Crippen molar-refractivity contribution in [2.75, 3.05) is 6.54 Å². The first kappa shape index (κ1) is 14.2. The fourth-order valence-electron chi connectivity index (χ4n) is 2.22. The molecule has 0 aliphatic heterocycles. The Hall–Kier alpha value is -0.900. The highest BCUT2D eigenvalue weighted by Gasteiger charge is 2.17. The van der Waals surface area contributed by atoms with Crippen LogP contribution in [0.4, 0.5) is 0 Å². The van der Waals surface area contributed by atoms with Gasteiger partial charge in [0.25, 0.3) is 0 Å². The fraction of sp³-hybridized carbons (Fsp3) is 0.846. The van der Waals surface area contributed by atoms with Crippen LogP contribution in [0.2, 0.25) is 0 Å². The van der Waals surface area contributed by atoms with Gasteiger partial charge in [-0.05, 0) is 32.2 Å². The minimum atomic E-state index is 0.581. The van der Waals surface area contributed by atoms with Crippen molar-refractivity contribution in [1.82, 2.24) is 20.1 Å². The summed E-state index contributed by atoms with van der Waals surface area (Å²) in [6.07, 6.45) is 5.02. The molecule has 0 bridgehead atoms. The molecule has 0 aliphatic rings. The third-order valence-corrected chi connectivity index (χ3v) is 3.28. The van der Waals surface area contributed by atoms with Crippen molar-refractivity contribution >= 4 is 0 Å². The van der Waals surface area contributed by atoms with Gasteiger partial charge in [-0.15, -0.1) is 0 Å². The number of rotatable bonds is 8. The quantitative estimate of drug-likeness (QED) is 0.755. The lowest BCUT2D eigenvalue weighted by atomic mass is 9.95. The molecule has 1 aromatic rings. The first-order valence-electron chi connectivity index (χ1n) is 6.82. The summed E-state index contributed by atoms with van der Waals surface area (Å²) >= 11 is 0. The number of aryl methyl sites for hydroxylation is 1. The smallest absolute Gasteiger partial charge is 0.138 e. The Balaban J connectivity index is 2.54. The first-order chi connectivity index (χ1) is 8.22. The molecule has 0 amide bonds. The van der Waals surface area contributed by atoms with E-state index < -0.39 is 0 Å². The van der Waals surface area contributed by atoms with Crippen LogP contribution in [-0.2, 0) is 13.0 Å². The molecule has 1 aromatic heterocycles. The minimum Gasteiger partial charge on any atom is -0.314 e. The van der Waals surface area contributed by atoms with E-state index >= 15 is 0 Å².